The van der Waals surface area contributed by atoms with Crippen molar-refractivity contribution in [1.82, 2.24) is 9.99 Å². The summed E-state index contributed by atoms with van der Waals surface area (Å²) < 4.78 is 6.31. The molecular weight excluding hydrogens is 310 g/mol. The van der Waals surface area contributed by atoms with Crippen LogP contribution < -0.4 is 4.74 Å². The van der Waals surface area contributed by atoms with Crippen molar-refractivity contribution in [3.8, 4) is 5.75 Å². The number of fused-ring (bicyclic) bond motifs is 3. The molecular formula is C21H17N3O. The van der Waals surface area contributed by atoms with Gasteiger partial charge in [-0.2, -0.15) is 5.10 Å². The molecule has 4 nitrogen and oxygen atoms in total. The Morgan fingerprint density at radius 1 is 0.880 bits per heavy atom. The lowest BCUT2D eigenvalue weighted by molar-refractivity contribution is -0.0190. The van der Waals surface area contributed by atoms with Crippen molar-refractivity contribution in [2.45, 2.75) is 18.7 Å². The second-order valence-electron chi connectivity index (χ2n) is 6.30. The van der Waals surface area contributed by atoms with Gasteiger partial charge in [0.1, 0.15) is 5.75 Å². The minimum Gasteiger partial charge on any atom is -0.464 e. The van der Waals surface area contributed by atoms with E-state index in [4.69, 9.17) is 9.84 Å². The van der Waals surface area contributed by atoms with Gasteiger partial charge in [-0.1, -0.05) is 48.5 Å². The topological polar surface area (TPSA) is 37.7 Å². The van der Waals surface area contributed by atoms with Crippen LogP contribution in [0, 0.1) is 0 Å². The zero-order valence-electron chi connectivity index (χ0n) is 13.6. The van der Waals surface area contributed by atoms with Gasteiger partial charge in [-0.3, -0.25) is 4.98 Å². The fourth-order valence-corrected chi connectivity index (χ4v) is 3.59. The van der Waals surface area contributed by atoms with Crippen molar-refractivity contribution in [2.75, 3.05) is 0 Å². The molecule has 0 aliphatic carbocycles. The zero-order chi connectivity index (χ0) is 16.6. The molecule has 0 N–H and O–H groups in total. The van der Waals surface area contributed by atoms with Crippen LogP contribution in [0.15, 0.2) is 84.2 Å². The Hall–Kier alpha value is -3.14. The molecule has 2 aliphatic heterocycles. The summed E-state index contributed by atoms with van der Waals surface area (Å²) in [7, 11) is 0. The van der Waals surface area contributed by atoms with Gasteiger partial charge in [0.25, 0.3) is 0 Å². The van der Waals surface area contributed by atoms with Crippen LogP contribution in [0.4, 0.5) is 0 Å². The molecule has 2 aliphatic rings. The maximum absolute atomic E-state index is 6.31. The fraction of sp³-hybridized carbons (Fsp3) is 0.143. The molecule has 3 heterocycles. The Morgan fingerprint density at radius 2 is 1.64 bits per heavy atom. The average Bonchev–Trinajstić information content (AvgIpc) is 3.14. The third kappa shape index (κ3) is 2.38. The number of hydrogen-bond donors (Lipinski definition) is 0. The molecule has 25 heavy (non-hydrogen) atoms. The molecule has 3 aromatic rings. The number of nitrogens with zero attached hydrogens (tertiary/aromatic N) is 3. The smallest absolute Gasteiger partial charge is 0.213 e. The summed E-state index contributed by atoms with van der Waals surface area (Å²) in [5, 5.41) is 7.04. The van der Waals surface area contributed by atoms with Crippen molar-refractivity contribution in [1.29, 1.82) is 0 Å². The van der Waals surface area contributed by atoms with E-state index in [9.17, 15) is 0 Å². The van der Waals surface area contributed by atoms with Crippen molar-refractivity contribution < 1.29 is 4.74 Å². The average molecular weight is 327 g/mol. The van der Waals surface area contributed by atoms with E-state index in [0.29, 0.717) is 0 Å². The highest BCUT2D eigenvalue weighted by atomic mass is 16.5. The highest BCUT2D eigenvalue weighted by Gasteiger charge is 2.40. The van der Waals surface area contributed by atoms with E-state index in [0.717, 1.165) is 23.4 Å². The molecule has 0 amide bonds. The van der Waals surface area contributed by atoms with E-state index in [1.807, 2.05) is 30.3 Å². The van der Waals surface area contributed by atoms with Crippen molar-refractivity contribution in [2.24, 2.45) is 5.10 Å². The van der Waals surface area contributed by atoms with Crippen LogP contribution in [-0.2, 0) is 0 Å². The summed E-state index contributed by atoms with van der Waals surface area (Å²) in [6.07, 6.45) is 4.24. The number of benzene rings is 2. The first-order valence-electron chi connectivity index (χ1n) is 8.47. The summed E-state index contributed by atoms with van der Waals surface area (Å²) in [6.45, 7) is 0. The van der Waals surface area contributed by atoms with Crippen LogP contribution in [0.5, 0.6) is 5.75 Å². The maximum Gasteiger partial charge on any atom is 0.213 e. The lowest BCUT2D eigenvalue weighted by Crippen LogP contribution is -2.33. The molecule has 0 unspecified atom stereocenters. The van der Waals surface area contributed by atoms with Gasteiger partial charge in [-0.25, -0.2) is 5.01 Å². The SMILES string of the molecule is c1ccc(C2=NN3[C@@H](C2)c2ccccc2O[C@H]3c2ccncc2)cc1. The largest absolute Gasteiger partial charge is 0.464 e. The molecule has 2 atom stereocenters. The Morgan fingerprint density at radius 3 is 2.48 bits per heavy atom. The minimum absolute atomic E-state index is 0.193. The number of ether oxygens (including phenoxy) is 1. The van der Waals surface area contributed by atoms with Crippen molar-refractivity contribution >= 4 is 5.71 Å². The lowest BCUT2D eigenvalue weighted by atomic mass is 9.96. The standard InChI is InChI=1S/C21H17N3O/c1-2-6-15(7-3-1)18-14-19-17-8-4-5-9-20(17)25-21(24(19)23-18)16-10-12-22-13-11-16/h1-13,19,21H,14H2/t19-,21-/m0/s1. The summed E-state index contributed by atoms with van der Waals surface area (Å²) >= 11 is 0. The van der Waals surface area contributed by atoms with E-state index in [2.05, 4.69) is 46.4 Å². The van der Waals surface area contributed by atoms with E-state index in [-0.39, 0.29) is 12.3 Å². The van der Waals surface area contributed by atoms with Crippen LogP contribution in [0.3, 0.4) is 0 Å². The van der Waals surface area contributed by atoms with E-state index < -0.39 is 0 Å². The third-order valence-electron chi connectivity index (χ3n) is 4.80. The second kappa shape index (κ2) is 5.74. The van der Waals surface area contributed by atoms with Gasteiger partial charge in [-0.15, -0.1) is 0 Å². The Bertz CT molecular complexity index is 924. The maximum atomic E-state index is 6.31. The van der Waals surface area contributed by atoms with E-state index in [1.54, 1.807) is 12.4 Å². The first-order chi connectivity index (χ1) is 12.4. The number of para-hydroxylation sites is 1. The van der Waals surface area contributed by atoms with Crippen molar-refractivity contribution in [3.05, 3.63) is 95.8 Å². The van der Waals surface area contributed by atoms with Gasteiger partial charge in [0.15, 0.2) is 0 Å². The highest BCUT2D eigenvalue weighted by molar-refractivity contribution is 6.01. The van der Waals surface area contributed by atoms with Crippen LogP contribution in [0.2, 0.25) is 0 Å². The van der Waals surface area contributed by atoms with E-state index >= 15 is 0 Å². The first-order valence-corrected chi connectivity index (χ1v) is 8.47. The minimum atomic E-state index is -0.232. The number of aromatic nitrogens is 1. The number of rotatable bonds is 2. The lowest BCUT2D eigenvalue weighted by Gasteiger charge is -2.38. The molecule has 1 aromatic heterocycles. The second-order valence-corrected chi connectivity index (χ2v) is 6.30. The molecule has 0 fully saturated rings. The van der Waals surface area contributed by atoms with Crippen LogP contribution in [0.1, 0.15) is 35.4 Å². The van der Waals surface area contributed by atoms with Crippen molar-refractivity contribution in [3.63, 3.8) is 0 Å². The monoisotopic (exact) mass is 327 g/mol. The van der Waals surface area contributed by atoms with Gasteiger partial charge in [0.05, 0.1) is 11.8 Å². The highest BCUT2D eigenvalue weighted by Crippen LogP contribution is 2.47. The summed E-state index contributed by atoms with van der Waals surface area (Å²) in [5.74, 6) is 0.940. The van der Waals surface area contributed by atoms with Gasteiger partial charge in [0, 0.05) is 29.9 Å². The van der Waals surface area contributed by atoms with Gasteiger partial charge in [-0.05, 0) is 23.8 Å². The normalized spacial score (nSPS) is 21.1. The molecule has 0 bridgehead atoms. The number of pyridine rings is 1. The van der Waals surface area contributed by atoms with Crippen LogP contribution in [-0.4, -0.2) is 15.7 Å². The molecule has 0 spiro atoms. The Kier molecular flexibility index (Phi) is 3.27. The first kappa shape index (κ1) is 14.2. The molecule has 0 saturated heterocycles. The molecule has 2 aromatic carbocycles. The van der Waals surface area contributed by atoms with Crippen LogP contribution >= 0.6 is 0 Å². The summed E-state index contributed by atoms with van der Waals surface area (Å²) in [6, 6.07) is 22.8. The van der Waals surface area contributed by atoms with E-state index in [1.165, 1.54) is 11.1 Å². The summed E-state index contributed by atoms with van der Waals surface area (Å²) in [5.41, 5.74) is 4.53. The van der Waals surface area contributed by atoms with Gasteiger partial charge in [0.2, 0.25) is 6.23 Å². The molecule has 122 valence electrons. The fourth-order valence-electron chi connectivity index (χ4n) is 3.59. The predicted octanol–water partition coefficient (Wildman–Crippen LogP) is 4.32. The number of hydrogen-bond acceptors (Lipinski definition) is 4. The van der Waals surface area contributed by atoms with Gasteiger partial charge >= 0.3 is 0 Å². The molecule has 0 saturated carbocycles. The molecule has 0 radical (unpaired) electrons. The third-order valence-corrected chi connectivity index (χ3v) is 4.80. The van der Waals surface area contributed by atoms with Crippen LogP contribution in [0.25, 0.3) is 0 Å². The quantitative estimate of drug-likeness (QED) is 0.703. The number of hydrazone groups is 1. The summed E-state index contributed by atoms with van der Waals surface area (Å²) in [4.78, 5) is 4.12. The Balaban J connectivity index is 1.61. The Labute approximate surface area is 146 Å². The molecule has 5 rings (SSSR count). The van der Waals surface area contributed by atoms with Gasteiger partial charge < -0.3 is 4.74 Å². The zero-order valence-corrected chi connectivity index (χ0v) is 13.6. The predicted molar refractivity (Wildman–Crippen MR) is 96.2 cm³/mol. The molecule has 4 heteroatoms.